The van der Waals surface area contributed by atoms with Gasteiger partial charge in [0, 0.05) is 6.42 Å². The van der Waals surface area contributed by atoms with Crippen LogP contribution in [0.3, 0.4) is 0 Å². The van der Waals surface area contributed by atoms with Crippen LogP contribution in [0.1, 0.15) is 91.9 Å². The van der Waals surface area contributed by atoms with Gasteiger partial charge >= 0.3 is 0 Å². The van der Waals surface area contributed by atoms with Crippen molar-refractivity contribution in [3.05, 3.63) is 23.3 Å². The zero-order valence-corrected chi connectivity index (χ0v) is 18.5. The standard InChI is InChI=1S/C26H40O2/c1-17(15-20(28)16-18(2)27)22-10-11-23-21-9-8-19-7-5-6-13-25(19,3)24(21)12-14-26(22,23)4/h8-9,17,20,22-24,28H,5-7,10-16H2,1-4H3/t17-,20?,22-,23+,24+,25+,26-/m1/s1. The summed E-state index contributed by atoms with van der Waals surface area (Å²) in [5.41, 5.74) is 4.28. The molecule has 0 heterocycles. The maximum absolute atomic E-state index is 11.4. The van der Waals surface area contributed by atoms with E-state index in [1.54, 1.807) is 18.1 Å². The third-order valence-corrected chi connectivity index (χ3v) is 9.41. The highest BCUT2D eigenvalue weighted by Crippen LogP contribution is 2.66. The van der Waals surface area contributed by atoms with Gasteiger partial charge in [0.2, 0.25) is 0 Å². The van der Waals surface area contributed by atoms with Gasteiger partial charge in [-0.3, -0.25) is 4.79 Å². The van der Waals surface area contributed by atoms with Crippen molar-refractivity contribution in [2.75, 3.05) is 0 Å². The lowest BCUT2D eigenvalue weighted by molar-refractivity contribution is -0.119. The van der Waals surface area contributed by atoms with Gasteiger partial charge in [-0.1, -0.05) is 50.5 Å². The number of allylic oxidation sites excluding steroid dienone is 4. The van der Waals surface area contributed by atoms with Crippen molar-refractivity contribution in [3.63, 3.8) is 0 Å². The molecular formula is C26H40O2. The predicted octanol–water partition coefficient (Wildman–Crippen LogP) is 6.24. The molecule has 2 heteroatoms. The smallest absolute Gasteiger partial charge is 0.132 e. The van der Waals surface area contributed by atoms with Crippen LogP contribution in [0, 0.1) is 34.5 Å². The third kappa shape index (κ3) is 3.24. The predicted molar refractivity (Wildman–Crippen MR) is 115 cm³/mol. The van der Waals surface area contributed by atoms with Crippen LogP contribution in [0.15, 0.2) is 23.3 Å². The van der Waals surface area contributed by atoms with E-state index in [2.05, 4.69) is 32.9 Å². The van der Waals surface area contributed by atoms with Gasteiger partial charge in [-0.25, -0.2) is 0 Å². The Morgan fingerprint density at radius 3 is 2.68 bits per heavy atom. The Balaban J connectivity index is 1.54. The van der Waals surface area contributed by atoms with E-state index in [1.165, 1.54) is 51.4 Å². The molecule has 0 bridgehead atoms. The normalized spacial score (nSPS) is 41.8. The van der Waals surface area contributed by atoms with Crippen LogP contribution in [0.25, 0.3) is 0 Å². The van der Waals surface area contributed by atoms with E-state index in [0.29, 0.717) is 29.1 Å². The minimum Gasteiger partial charge on any atom is -0.393 e. The molecule has 0 amide bonds. The maximum atomic E-state index is 11.4. The Hall–Kier alpha value is -0.890. The van der Waals surface area contributed by atoms with Crippen molar-refractivity contribution in [2.24, 2.45) is 34.5 Å². The Labute approximate surface area is 171 Å². The minimum absolute atomic E-state index is 0.103. The molecule has 28 heavy (non-hydrogen) atoms. The largest absolute Gasteiger partial charge is 0.393 e. The monoisotopic (exact) mass is 384 g/mol. The molecule has 4 rings (SSSR count). The molecule has 0 aromatic rings. The van der Waals surface area contributed by atoms with Gasteiger partial charge in [0.1, 0.15) is 5.78 Å². The molecule has 0 aromatic heterocycles. The summed E-state index contributed by atoms with van der Waals surface area (Å²) in [6.45, 7) is 9.02. The number of hydrogen-bond donors (Lipinski definition) is 1. The summed E-state index contributed by atoms with van der Waals surface area (Å²) in [5.74, 6) is 2.75. The number of aliphatic hydroxyl groups excluding tert-OH is 1. The third-order valence-electron chi connectivity index (χ3n) is 9.41. The maximum Gasteiger partial charge on any atom is 0.132 e. The van der Waals surface area contributed by atoms with Crippen molar-refractivity contribution < 1.29 is 9.90 Å². The number of hydrogen-bond acceptors (Lipinski definition) is 2. The molecule has 1 N–H and O–H groups in total. The van der Waals surface area contributed by atoms with Crippen LogP contribution in [0.2, 0.25) is 0 Å². The quantitative estimate of drug-likeness (QED) is 0.609. The molecule has 0 saturated heterocycles. The average Bonchev–Trinajstić information content (AvgIpc) is 2.97. The average molecular weight is 385 g/mol. The van der Waals surface area contributed by atoms with Crippen LogP contribution in [0.4, 0.5) is 0 Å². The number of rotatable bonds is 5. The van der Waals surface area contributed by atoms with Crippen LogP contribution < -0.4 is 0 Å². The molecule has 2 nitrogen and oxygen atoms in total. The van der Waals surface area contributed by atoms with Crippen molar-refractivity contribution in [3.8, 4) is 0 Å². The second kappa shape index (κ2) is 7.42. The van der Waals surface area contributed by atoms with Gasteiger partial charge in [0.05, 0.1) is 6.10 Å². The Morgan fingerprint density at radius 1 is 1.14 bits per heavy atom. The van der Waals surface area contributed by atoms with Crippen molar-refractivity contribution in [2.45, 2.75) is 98.0 Å². The zero-order chi connectivity index (χ0) is 20.1. The van der Waals surface area contributed by atoms with Gasteiger partial charge in [0.15, 0.2) is 0 Å². The van der Waals surface area contributed by atoms with Crippen LogP contribution in [0.5, 0.6) is 0 Å². The van der Waals surface area contributed by atoms with E-state index in [-0.39, 0.29) is 5.78 Å². The minimum atomic E-state index is -0.466. The number of aliphatic hydroxyl groups is 1. The summed E-state index contributed by atoms with van der Waals surface area (Å²) in [5, 5.41) is 10.3. The van der Waals surface area contributed by atoms with Gasteiger partial charge in [-0.15, -0.1) is 0 Å². The fraction of sp³-hybridized carbons (Fsp3) is 0.808. The highest BCUT2D eigenvalue weighted by molar-refractivity contribution is 5.75. The fourth-order valence-corrected chi connectivity index (χ4v) is 8.02. The summed E-state index contributed by atoms with van der Waals surface area (Å²) in [6, 6.07) is 0. The summed E-state index contributed by atoms with van der Waals surface area (Å²) < 4.78 is 0. The number of fused-ring (bicyclic) bond motifs is 5. The van der Waals surface area contributed by atoms with Crippen LogP contribution >= 0.6 is 0 Å². The molecular weight excluding hydrogens is 344 g/mol. The van der Waals surface area contributed by atoms with E-state index in [4.69, 9.17) is 0 Å². The first kappa shape index (κ1) is 20.4. The van der Waals surface area contributed by atoms with E-state index in [0.717, 1.165) is 18.3 Å². The Morgan fingerprint density at radius 2 is 1.93 bits per heavy atom. The summed E-state index contributed by atoms with van der Waals surface area (Å²) >= 11 is 0. The highest BCUT2D eigenvalue weighted by atomic mass is 16.3. The molecule has 4 aliphatic rings. The van der Waals surface area contributed by atoms with Gasteiger partial charge < -0.3 is 5.11 Å². The molecule has 3 saturated carbocycles. The number of carbonyl (C=O) groups is 1. The molecule has 0 radical (unpaired) electrons. The first-order valence-electron chi connectivity index (χ1n) is 11.8. The molecule has 0 aromatic carbocycles. The lowest BCUT2D eigenvalue weighted by Gasteiger charge is -2.55. The number of carbonyl (C=O) groups excluding carboxylic acids is 1. The summed E-state index contributed by atoms with van der Waals surface area (Å²) in [4.78, 5) is 11.4. The lowest BCUT2D eigenvalue weighted by Crippen LogP contribution is -2.45. The second-order valence-electron chi connectivity index (χ2n) is 11.1. The number of ketones is 1. The van der Waals surface area contributed by atoms with Gasteiger partial charge in [0.25, 0.3) is 0 Å². The van der Waals surface area contributed by atoms with Crippen molar-refractivity contribution in [1.29, 1.82) is 0 Å². The zero-order valence-electron chi connectivity index (χ0n) is 18.5. The molecule has 156 valence electrons. The molecule has 3 fully saturated rings. The van der Waals surface area contributed by atoms with E-state index in [1.807, 2.05) is 0 Å². The van der Waals surface area contributed by atoms with E-state index >= 15 is 0 Å². The van der Waals surface area contributed by atoms with Gasteiger partial charge in [-0.2, -0.15) is 0 Å². The SMILES string of the molecule is CC(=O)CC(O)C[C@@H](C)[C@H]1CC[C@H]2C3=CC=C4CCCC[C@]4(C)[C@H]3CC[C@]12C. The first-order chi connectivity index (χ1) is 13.3. The van der Waals surface area contributed by atoms with Gasteiger partial charge in [-0.05, 0) is 92.8 Å². The Bertz CT molecular complexity index is 689. The van der Waals surface area contributed by atoms with Crippen molar-refractivity contribution >= 4 is 5.78 Å². The van der Waals surface area contributed by atoms with Crippen LogP contribution in [-0.2, 0) is 4.79 Å². The summed E-state index contributed by atoms with van der Waals surface area (Å²) in [6.07, 6.45) is 16.4. The molecule has 0 spiro atoms. The second-order valence-corrected chi connectivity index (χ2v) is 11.1. The molecule has 0 aliphatic heterocycles. The lowest BCUT2D eigenvalue weighted by atomic mass is 9.50. The Kier molecular flexibility index (Phi) is 5.40. The van der Waals surface area contributed by atoms with E-state index in [9.17, 15) is 9.90 Å². The molecule has 7 atom stereocenters. The fourth-order valence-electron chi connectivity index (χ4n) is 8.02. The number of Topliss-reactive ketones (excluding diaryl/α,β-unsaturated/α-hetero) is 1. The van der Waals surface area contributed by atoms with E-state index < -0.39 is 6.10 Å². The highest BCUT2D eigenvalue weighted by Gasteiger charge is 2.56. The summed E-state index contributed by atoms with van der Waals surface area (Å²) in [7, 11) is 0. The molecule has 4 aliphatic carbocycles. The topological polar surface area (TPSA) is 37.3 Å². The van der Waals surface area contributed by atoms with Crippen LogP contribution in [-0.4, -0.2) is 17.0 Å². The first-order valence-corrected chi connectivity index (χ1v) is 11.8. The molecule has 1 unspecified atom stereocenters. The van der Waals surface area contributed by atoms with Crippen molar-refractivity contribution in [1.82, 2.24) is 0 Å².